The minimum atomic E-state index is -0.383. The first-order valence-corrected chi connectivity index (χ1v) is 6.84. The van der Waals surface area contributed by atoms with Gasteiger partial charge in [0.05, 0.1) is 12.8 Å². The van der Waals surface area contributed by atoms with Gasteiger partial charge in [-0.1, -0.05) is 12.1 Å². The van der Waals surface area contributed by atoms with Gasteiger partial charge in [-0.2, -0.15) is 0 Å². The Bertz CT molecular complexity index is 502. The van der Waals surface area contributed by atoms with Crippen molar-refractivity contribution in [2.45, 2.75) is 32.2 Å². The average Bonchev–Trinajstić information content (AvgIpc) is 2.47. The maximum Gasteiger partial charge on any atom is 0.247 e. The van der Waals surface area contributed by atoms with Crippen molar-refractivity contribution in [3.63, 3.8) is 0 Å². The fourth-order valence-corrected chi connectivity index (χ4v) is 2.54. The highest BCUT2D eigenvalue weighted by Crippen LogP contribution is 2.25. The zero-order chi connectivity index (χ0) is 14.5. The van der Waals surface area contributed by atoms with Crippen molar-refractivity contribution in [1.29, 1.82) is 0 Å². The van der Waals surface area contributed by atoms with Crippen LogP contribution in [0, 0.1) is 0 Å². The van der Waals surface area contributed by atoms with Gasteiger partial charge in [-0.25, -0.2) is 0 Å². The van der Waals surface area contributed by atoms with Gasteiger partial charge in [0, 0.05) is 13.5 Å². The van der Waals surface area contributed by atoms with Crippen molar-refractivity contribution in [1.82, 2.24) is 4.90 Å². The molecular weight excluding hydrogens is 256 g/mol. The molecule has 108 valence electrons. The third kappa shape index (κ3) is 3.10. The van der Waals surface area contributed by atoms with Crippen LogP contribution in [0.4, 0.5) is 5.69 Å². The first-order valence-electron chi connectivity index (χ1n) is 6.84. The van der Waals surface area contributed by atoms with Crippen LogP contribution in [0.15, 0.2) is 24.3 Å². The lowest BCUT2D eigenvalue weighted by Gasteiger charge is -2.34. The van der Waals surface area contributed by atoms with E-state index in [1.54, 1.807) is 24.1 Å². The summed E-state index contributed by atoms with van der Waals surface area (Å²) in [5.74, 6) is 0.417. The zero-order valence-corrected chi connectivity index (χ0v) is 11.9. The molecule has 2 amide bonds. The Morgan fingerprint density at radius 2 is 2.05 bits per heavy atom. The van der Waals surface area contributed by atoms with E-state index >= 15 is 0 Å². The molecule has 5 nitrogen and oxygen atoms in total. The largest absolute Gasteiger partial charge is 0.495 e. The quantitative estimate of drug-likeness (QED) is 0.919. The molecule has 1 saturated heterocycles. The van der Waals surface area contributed by atoms with Gasteiger partial charge in [-0.3, -0.25) is 9.59 Å². The second-order valence-electron chi connectivity index (χ2n) is 4.91. The van der Waals surface area contributed by atoms with Crippen molar-refractivity contribution >= 4 is 17.5 Å². The topological polar surface area (TPSA) is 58.6 Å². The number of carbonyl (C=O) groups is 2. The van der Waals surface area contributed by atoms with Crippen LogP contribution in [0.3, 0.4) is 0 Å². The van der Waals surface area contributed by atoms with Crippen LogP contribution in [-0.4, -0.2) is 36.4 Å². The number of carbonyl (C=O) groups excluding carboxylic acids is 2. The summed E-state index contributed by atoms with van der Waals surface area (Å²) in [6, 6.07) is 6.88. The molecule has 1 heterocycles. The van der Waals surface area contributed by atoms with Crippen LogP contribution in [0.2, 0.25) is 0 Å². The lowest BCUT2D eigenvalue weighted by Crippen LogP contribution is -2.49. The minimum absolute atomic E-state index is 0.0510. The average molecular weight is 276 g/mol. The number of rotatable bonds is 3. The van der Waals surface area contributed by atoms with E-state index in [2.05, 4.69) is 5.32 Å². The van der Waals surface area contributed by atoms with E-state index < -0.39 is 0 Å². The number of benzene rings is 1. The SMILES string of the molecule is COc1ccccc1NC(=O)C1CCCCN1C(C)=O. The molecule has 1 N–H and O–H groups in total. The van der Waals surface area contributed by atoms with Crippen LogP contribution in [0.1, 0.15) is 26.2 Å². The number of para-hydroxylation sites is 2. The van der Waals surface area contributed by atoms with Crippen LogP contribution >= 0.6 is 0 Å². The molecular formula is C15H20N2O3. The molecule has 0 radical (unpaired) electrons. The Morgan fingerprint density at radius 3 is 2.75 bits per heavy atom. The molecule has 20 heavy (non-hydrogen) atoms. The maximum atomic E-state index is 12.4. The third-order valence-corrected chi connectivity index (χ3v) is 3.57. The number of hydrogen-bond acceptors (Lipinski definition) is 3. The lowest BCUT2D eigenvalue weighted by molar-refractivity contribution is -0.138. The molecule has 1 aromatic rings. The number of hydrogen-bond donors (Lipinski definition) is 1. The standard InChI is InChI=1S/C15H20N2O3/c1-11(18)17-10-6-5-8-13(17)15(19)16-12-7-3-4-9-14(12)20-2/h3-4,7,9,13H,5-6,8,10H2,1-2H3,(H,16,19). The van der Waals surface area contributed by atoms with Crippen molar-refractivity contribution in [3.05, 3.63) is 24.3 Å². The molecule has 1 aromatic carbocycles. The fraction of sp³-hybridized carbons (Fsp3) is 0.467. The molecule has 0 spiro atoms. The summed E-state index contributed by atoms with van der Waals surface area (Å²) in [7, 11) is 1.56. The molecule has 1 atom stereocenters. The van der Waals surface area contributed by atoms with Gasteiger partial charge in [-0.05, 0) is 31.4 Å². The third-order valence-electron chi connectivity index (χ3n) is 3.57. The highest BCUT2D eigenvalue weighted by Gasteiger charge is 2.30. The molecule has 5 heteroatoms. The Morgan fingerprint density at radius 1 is 1.30 bits per heavy atom. The van der Waals surface area contributed by atoms with Crippen LogP contribution in [-0.2, 0) is 9.59 Å². The summed E-state index contributed by atoms with van der Waals surface area (Å²) < 4.78 is 5.21. The van der Waals surface area contributed by atoms with E-state index in [-0.39, 0.29) is 17.9 Å². The van der Waals surface area contributed by atoms with E-state index in [4.69, 9.17) is 4.74 Å². The van der Waals surface area contributed by atoms with Crippen molar-refractivity contribution < 1.29 is 14.3 Å². The van der Waals surface area contributed by atoms with Gasteiger partial charge < -0.3 is 15.0 Å². The second kappa shape index (κ2) is 6.41. The number of ether oxygens (including phenoxy) is 1. The van der Waals surface area contributed by atoms with Crippen LogP contribution < -0.4 is 10.1 Å². The van der Waals surface area contributed by atoms with Crippen molar-refractivity contribution in [2.24, 2.45) is 0 Å². The molecule has 0 saturated carbocycles. The van der Waals surface area contributed by atoms with Gasteiger partial charge in [0.25, 0.3) is 0 Å². The highest BCUT2D eigenvalue weighted by molar-refractivity contribution is 5.98. The predicted molar refractivity (Wildman–Crippen MR) is 76.6 cm³/mol. The van der Waals surface area contributed by atoms with Crippen molar-refractivity contribution in [3.8, 4) is 5.75 Å². The van der Waals surface area contributed by atoms with E-state index in [1.807, 2.05) is 12.1 Å². The number of anilines is 1. The number of methoxy groups -OCH3 is 1. The van der Waals surface area contributed by atoms with Gasteiger partial charge >= 0.3 is 0 Å². The second-order valence-corrected chi connectivity index (χ2v) is 4.91. The Labute approximate surface area is 118 Å². The number of piperidine rings is 1. The van der Waals surface area contributed by atoms with E-state index in [0.717, 1.165) is 12.8 Å². The molecule has 1 unspecified atom stereocenters. The van der Waals surface area contributed by atoms with E-state index in [9.17, 15) is 9.59 Å². The van der Waals surface area contributed by atoms with Gasteiger partial charge in [0.2, 0.25) is 11.8 Å². The molecule has 0 aromatic heterocycles. The lowest BCUT2D eigenvalue weighted by atomic mass is 10.0. The molecule has 1 aliphatic rings. The summed E-state index contributed by atoms with van der Waals surface area (Å²) in [5, 5.41) is 2.86. The van der Waals surface area contributed by atoms with Crippen LogP contribution in [0.25, 0.3) is 0 Å². The van der Waals surface area contributed by atoms with E-state index in [1.165, 1.54) is 6.92 Å². The maximum absolute atomic E-state index is 12.4. The summed E-state index contributed by atoms with van der Waals surface area (Å²) >= 11 is 0. The normalized spacial score (nSPS) is 18.5. The molecule has 0 bridgehead atoms. The number of nitrogens with one attached hydrogen (secondary N) is 1. The highest BCUT2D eigenvalue weighted by atomic mass is 16.5. The van der Waals surface area contributed by atoms with Gasteiger partial charge in [0.1, 0.15) is 11.8 Å². The summed E-state index contributed by atoms with van der Waals surface area (Å²) in [5.41, 5.74) is 0.633. The van der Waals surface area contributed by atoms with E-state index in [0.29, 0.717) is 24.4 Å². The van der Waals surface area contributed by atoms with Crippen molar-refractivity contribution in [2.75, 3.05) is 19.0 Å². The molecule has 1 fully saturated rings. The summed E-state index contributed by atoms with van der Waals surface area (Å²) in [4.78, 5) is 25.6. The monoisotopic (exact) mass is 276 g/mol. The Hall–Kier alpha value is -2.04. The summed E-state index contributed by atoms with van der Waals surface area (Å²) in [6.45, 7) is 2.16. The summed E-state index contributed by atoms with van der Waals surface area (Å²) in [6.07, 6.45) is 2.63. The molecule has 1 aliphatic heterocycles. The van der Waals surface area contributed by atoms with Crippen LogP contribution in [0.5, 0.6) is 5.75 Å². The first-order chi connectivity index (χ1) is 9.63. The first kappa shape index (κ1) is 14.4. The van der Waals surface area contributed by atoms with Gasteiger partial charge in [-0.15, -0.1) is 0 Å². The predicted octanol–water partition coefficient (Wildman–Crippen LogP) is 2.03. The fourth-order valence-electron chi connectivity index (χ4n) is 2.54. The molecule has 2 rings (SSSR count). The molecule has 0 aliphatic carbocycles. The Balaban J connectivity index is 2.12. The van der Waals surface area contributed by atoms with Gasteiger partial charge in [0.15, 0.2) is 0 Å². The number of amides is 2. The minimum Gasteiger partial charge on any atom is -0.495 e. The zero-order valence-electron chi connectivity index (χ0n) is 11.9. The smallest absolute Gasteiger partial charge is 0.247 e. The Kier molecular flexibility index (Phi) is 4.61. The number of nitrogens with zero attached hydrogens (tertiary/aromatic N) is 1. The number of likely N-dealkylation sites (tertiary alicyclic amines) is 1.